The maximum atomic E-state index is 12.2. The van der Waals surface area contributed by atoms with E-state index >= 15 is 0 Å². The van der Waals surface area contributed by atoms with Crippen molar-refractivity contribution in [3.63, 3.8) is 0 Å². The Labute approximate surface area is 168 Å². The standard InChI is InChI=1S/C24H18N2OS/c27-23(15-13-19-10-5-9-18-7-3-4-11-22(18)19)26-24(28)25-21-14-12-17-6-1-2-8-20(17)16-21/h1-16H,(H2,25,26,27,28)/b15-13+. The molecule has 4 rings (SSSR count). The van der Waals surface area contributed by atoms with E-state index in [0.29, 0.717) is 0 Å². The fraction of sp³-hybridized carbons (Fsp3) is 0. The molecule has 0 atom stereocenters. The largest absolute Gasteiger partial charge is 0.332 e. The van der Waals surface area contributed by atoms with E-state index in [1.54, 1.807) is 6.08 Å². The summed E-state index contributed by atoms with van der Waals surface area (Å²) in [7, 11) is 0. The summed E-state index contributed by atoms with van der Waals surface area (Å²) >= 11 is 5.27. The van der Waals surface area contributed by atoms with E-state index < -0.39 is 0 Å². The first-order valence-corrected chi connectivity index (χ1v) is 9.36. The number of rotatable bonds is 3. The van der Waals surface area contributed by atoms with Crippen molar-refractivity contribution >= 4 is 56.5 Å². The van der Waals surface area contributed by atoms with Gasteiger partial charge in [0.15, 0.2) is 5.11 Å². The minimum absolute atomic E-state index is 0.267. The van der Waals surface area contributed by atoms with Gasteiger partial charge in [0, 0.05) is 11.8 Å². The molecule has 0 unspecified atom stereocenters. The van der Waals surface area contributed by atoms with Crippen LogP contribution in [-0.4, -0.2) is 11.0 Å². The number of fused-ring (bicyclic) bond motifs is 2. The van der Waals surface area contributed by atoms with Gasteiger partial charge in [-0.2, -0.15) is 0 Å². The summed E-state index contributed by atoms with van der Waals surface area (Å²) in [6.45, 7) is 0. The average Bonchev–Trinajstić information content (AvgIpc) is 2.72. The van der Waals surface area contributed by atoms with Crippen molar-refractivity contribution in [2.24, 2.45) is 0 Å². The molecule has 0 radical (unpaired) electrons. The Bertz CT molecular complexity index is 1210. The van der Waals surface area contributed by atoms with Crippen molar-refractivity contribution in [1.29, 1.82) is 0 Å². The molecule has 0 heterocycles. The third kappa shape index (κ3) is 4.08. The lowest BCUT2D eigenvalue weighted by molar-refractivity contribution is -0.115. The van der Waals surface area contributed by atoms with Crippen LogP contribution < -0.4 is 10.6 Å². The number of nitrogens with one attached hydrogen (secondary N) is 2. The first-order valence-electron chi connectivity index (χ1n) is 8.96. The van der Waals surface area contributed by atoms with Crippen molar-refractivity contribution < 1.29 is 4.79 Å². The van der Waals surface area contributed by atoms with Gasteiger partial charge in [-0.15, -0.1) is 0 Å². The second kappa shape index (κ2) is 8.03. The Morgan fingerprint density at radius 1 is 0.786 bits per heavy atom. The van der Waals surface area contributed by atoms with Crippen LogP contribution >= 0.6 is 12.2 Å². The summed E-state index contributed by atoms with van der Waals surface area (Å²) in [5, 5.41) is 10.5. The molecule has 0 aliphatic rings. The van der Waals surface area contributed by atoms with Gasteiger partial charge in [-0.3, -0.25) is 10.1 Å². The maximum absolute atomic E-state index is 12.2. The number of carbonyl (C=O) groups is 1. The van der Waals surface area contributed by atoms with E-state index in [9.17, 15) is 4.79 Å². The first-order chi connectivity index (χ1) is 13.7. The average molecular weight is 382 g/mol. The summed E-state index contributed by atoms with van der Waals surface area (Å²) in [6.07, 6.45) is 3.30. The van der Waals surface area contributed by atoms with E-state index in [1.165, 1.54) is 6.08 Å². The van der Waals surface area contributed by atoms with Crippen molar-refractivity contribution in [2.45, 2.75) is 0 Å². The van der Waals surface area contributed by atoms with Gasteiger partial charge >= 0.3 is 0 Å². The van der Waals surface area contributed by atoms with Gasteiger partial charge < -0.3 is 5.32 Å². The van der Waals surface area contributed by atoms with Crippen LogP contribution in [0.2, 0.25) is 0 Å². The Balaban J connectivity index is 1.42. The van der Waals surface area contributed by atoms with E-state index in [2.05, 4.69) is 28.8 Å². The second-order valence-electron chi connectivity index (χ2n) is 6.41. The van der Waals surface area contributed by atoms with Gasteiger partial charge in [0.2, 0.25) is 5.91 Å². The third-order valence-corrected chi connectivity index (χ3v) is 4.69. The number of hydrogen-bond donors (Lipinski definition) is 2. The molecule has 4 aromatic carbocycles. The molecule has 4 heteroatoms. The Kier molecular flexibility index (Phi) is 5.13. The number of thiocarbonyl (C=S) groups is 1. The fourth-order valence-electron chi connectivity index (χ4n) is 3.14. The quantitative estimate of drug-likeness (QED) is 0.362. The van der Waals surface area contributed by atoms with Crippen molar-refractivity contribution in [3.05, 3.63) is 96.6 Å². The van der Waals surface area contributed by atoms with E-state index in [4.69, 9.17) is 12.2 Å². The van der Waals surface area contributed by atoms with Crippen molar-refractivity contribution in [3.8, 4) is 0 Å². The molecule has 0 saturated heterocycles. The van der Waals surface area contributed by atoms with E-state index in [1.807, 2.05) is 66.7 Å². The van der Waals surface area contributed by atoms with Crippen LogP contribution in [0.4, 0.5) is 5.69 Å². The zero-order chi connectivity index (χ0) is 19.3. The zero-order valence-electron chi connectivity index (χ0n) is 15.1. The van der Waals surface area contributed by atoms with Crippen LogP contribution in [0.1, 0.15) is 5.56 Å². The molecule has 0 fully saturated rings. The molecule has 2 N–H and O–H groups in total. The molecule has 0 aliphatic carbocycles. The molecule has 1 amide bonds. The summed E-state index contributed by atoms with van der Waals surface area (Å²) < 4.78 is 0. The van der Waals surface area contributed by atoms with Crippen LogP contribution in [0.5, 0.6) is 0 Å². The van der Waals surface area contributed by atoms with Crippen LogP contribution in [0.3, 0.4) is 0 Å². The van der Waals surface area contributed by atoms with Gasteiger partial charge in [0.25, 0.3) is 0 Å². The number of amides is 1. The first kappa shape index (κ1) is 17.9. The minimum atomic E-state index is -0.272. The molecule has 4 aromatic rings. The molecular weight excluding hydrogens is 364 g/mol. The van der Waals surface area contributed by atoms with Crippen LogP contribution in [0.15, 0.2) is 91.0 Å². The summed E-state index contributed by atoms with van der Waals surface area (Å²) in [5.74, 6) is -0.272. The van der Waals surface area contributed by atoms with Crippen LogP contribution in [0, 0.1) is 0 Å². The maximum Gasteiger partial charge on any atom is 0.250 e. The number of hydrogen-bond acceptors (Lipinski definition) is 2. The molecule has 0 aliphatic heterocycles. The lowest BCUT2D eigenvalue weighted by Gasteiger charge is -2.09. The molecule has 28 heavy (non-hydrogen) atoms. The Morgan fingerprint density at radius 2 is 1.50 bits per heavy atom. The Hall–Kier alpha value is -3.50. The predicted molar refractivity (Wildman–Crippen MR) is 121 cm³/mol. The Morgan fingerprint density at radius 3 is 2.36 bits per heavy atom. The van der Waals surface area contributed by atoms with E-state index in [-0.39, 0.29) is 11.0 Å². The summed E-state index contributed by atoms with van der Waals surface area (Å²) in [5.41, 5.74) is 1.82. The lowest BCUT2D eigenvalue weighted by atomic mass is 10.0. The zero-order valence-corrected chi connectivity index (χ0v) is 15.9. The molecule has 0 bridgehead atoms. The van der Waals surface area contributed by atoms with E-state index in [0.717, 1.165) is 32.8 Å². The fourth-order valence-corrected chi connectivity index (χ4v) is 3.36. The molecule has 0 aromatic heterocycles. The highest BCUT2D eigenvalue weighted by Gasteiger charge is 2.03. The number of benzene rings is 4. The normalized spacial score (nSPS) is 11.0. The SMILES string of the molecule is O=C(/C=C/c1cccc2ccccc12)NC(=S)Nc1ccc2ccccc2c1. The molecule has 0 spiro atoms. The lowest BCUT2D eigenvalue weighted by Crippen LogP contribution is -2.32. The highest BCUT2D eigenvalue weighted by atomic mass is 32.1. The molecule has 3 nitrogen and oxygen atoms in total. The summed E-state index contributed by atoms with van der Waals surface area (Å²) in [6, 6.07) is 28.1. The molecule has 0 saturated carbocycles. The second-order valence-corrected chi connectivity index (χ2v) is 6.82. The highest BCUT2D eigenvalue weighted by Crippen LogP contribution is 2.20. The molecule has 136 valence electrons. The highest BCUT2D eigenvalue weighted by molar-refractivity contribution is 7.80. The van der Waals surface area contributed by atoms with Gasteiger partial charge in [-0.1, -0.05) is 72.8 Å². The van der Waals surface area contributed by atoms with Crippen LogP contribution in [-0.2, 0) is 4.79 Å². The van der Waals surface area contributed by atoms with Gasteiger partial charge in [0.05, 0.1) is 0 Å². The van der Waals surface area contributed by atoms with Crippen molar-refractivity contribution in [2.75, 3.05) is 5.32 Å². The molecular formula is C24H18N2OS. The van der Waals surface area contributed by atoms with Gasteiger partial charge in [-0.25, -0.2) is 0 Å². The number of carbonyl (C=O) groups excluding carboxylic acids is 1. The summed E-state index contributed by atoms with van der Waals surface area (Å²) in [4.78, 5) is 12.2. The topological polar surface area (TPSA) is 41.1 Å². The predicted octanol–water partition coefficient (Wildman–Crippen LogP) is 5.52. The monoisotopic (exact) mass is 382 g/mol. The van der Waals surface area contributed by atoms with Crippen molar-refractivity contribution in [1.82, 2.24) is 5.32 Å². The smallest absolute Gasteiger partial charge is 0.250 e. The minimum Gasteiger partial charge on any atom is -0.332 e. The number of anilines is 1. The van der Waals surface area contributed by atoms with Crippen LogP contribution in [0.25, 0.3) is 27.6 Å². The van der Waals surface area contributed by atoms with Gasteiger partial charge in [-0.05, 0) is 57.5 Å². The third-order valence-electron chi connectivity index (χ3n) is 4.48. The van der Waals surface area contributed by atoms with Gasteiger partial charge in [0.1, 0.15) is 0 Å².